The van der Waals surface area contributed by atoms with E-state index >= 15 is 0 Å². The lowest BCUT2D eigenvalue weighted by atomic mass is 9.72. The van der Waals surface area contributed by atoms with Gasteiger partial charge in [-0.05, 0) is 36.8 Å². The Morgan fingerprint density at radius 2 is 1.93 bits per heavy atom. The summed E-state index contributed by atoms with van der Waals surface area (Å²) in [5.74, 6) is 0.868. The highest BCUT2D eigenvalue weighted by atomic mass is 16.5. The summed E-state index contributed by atoms with van der Waals surface area (Å²) in [6.45, 7) is 3.39. The molecule has 0 saturated carbocycles. The van der Waals surface area contributed by atoms with Crippen molar-refractivity contribution < 1.29 is 19.1 Å². The van der Waals surface area contributed by atoms with E-state index in [-0.39, 0.29) is 17.4 Å². The van der Waals surface area contributed by atoms with Crippen molar-refractivity contribution in [3.05, 3.63) is 24.3 Å². The molecule has 0 radical (unpaired) electrons. The number of hydrogen-bond acceptors (Lipinski definition) is 4. The van der Waals surface area contributed by atoms with Gasteiger partial charge in [-0.1, -0.05) is 12.1 Å². The van der Waals surface area contributed by atoms with Crippen LogP contribution >= 0.6 is 0 Å². The maximum Gasteiger partial charge on any atom is 0.321 e. The highest BCUT2D eigenvalue weighted by Crippen LogP contribution is 2.40. The number of amides is 3. The molecule has 2 aliphatic rings. The monoisotopic (exact) mass is 375 g/mol. The van der Waals surface area contributed by atoms with Gasteiger partial charge in [0.25, 0.3) is 0 Å². The van der Waals surface area contributed by atoms with Gasteiger partial charge in [0.05, 0.1) is 19.4 Å². The zero-order valence-corrected chi connectivity index (χ0v) is 16.2. The lowest BCUT2D eigenvalue weighted by Gasteiger charge is -2.47. The number of carbonyl (C=O) groups excluding carboxylic acids is 2. The summed E-state index contributed by atoms with van der Waals surface area (Å²) in [5, 5.41) is 2.95. The fourth-order valence-electron chi connectivity index (χ4n) is 4.04. The Balaban J connectivity index is 1.56. The second-order valence-electron chi connectivity index (χ2n) is 7.43. The van der Waals surface area contributed by atoms with Crippen molar-refractivity contribution in [2.24, 2.45) is 5.41 Å². The van der Waals surface area contributed by atoms with Crippen LogP contribution in [-0.2, 0) is 9.53 Å². The second-order valence-corrected chi connectivity index (χ2v) is 7.43. The molecule has 2 saturated heterocycles. The van der Waals surface area contributed by atoms with Crippen LogP contribution in [-0.4, -0.2) is 68.7 Å². The Labute approximate surface area is 160 Å². The number of likely N-dealkylation sites (tertiary alicyclic amines) is 2. The number of piperidine rings is 2. The van der Waals surface area contributed by atoms with Gasteiger partial charge >= 0.3 is 6.03 Å². The maximum atomic E-state index is 12.6. The van der Waals surface area contributed by atoms with Crippen molar-refractivity contribution in [2.75, 3.05) is 52.3 Å². The minimum atomic E-state index is -0.0996. The molecule has 0 unspecified atom stereocenters. The van der Waals surface area contributed by atoms with Crippen LogP contribution < -0.4 is 10.1 Å². The van der Waals surface area contributed by atoms with Crippen LogP contribution in [0, 0.1) is 5.41 Å². The van der Waals surface area contributed by atoms with E-state index < -0.39 is 0 Å². The van der Waals surface area contributed by atoms with Gasteiger partial charge in [-0.3, -0.25) is 4.79 Å². The Hall–Kier alpha value is -2.28. The topological polar surface area (TPSA) is 71.1 Å². The molecule has 1 aromatic carbocycles. The quantitative estimate of drug-likeness (QED) is 0.859. The highest BCUT2D eigenvalue weighted by molar-refractivity contribution is 5.91. The molecule has 27 heavy (non-hydrogen) atoms. The van der Waals surface area contributed by atoms with Crippen LogP contribution in [0.3, 0.4) is 0 Å². The molecule has 148 valence electrons. The van der Waals surface area contributed by atoms with Crippen LogP contribution in [0.5, 0.6) is 5.75 Å². The van der Waals surface area contributed by atoms with E-state index in [0.29, 0.717) is 44.1 Å². The van der Waals surface area contributed by atoms with E-state index in [0.717, 1.165) is 25.8 Å². The molecule has 2 fully saturated rings. The van der Waals surface area contributed by atoms with Gasteiger partial charge in [0, 0.05) is 39.7 Å². The molecule has 1 spiro atoms. The lowest BCUT2D eigenvalue weighted by molar-refractivity contribution is -0.139. The van der Waals surface area contributed by atoms with Gasteiger partial charge in [-0.15, -0.1) is 0 Å². The molecule has 7 heteroatoms. The summed E-state index contributed by atoms with van der Waals surface area (Å²) < 4.78 is 10.4. The van der Waals surface area contributed by atoms with Gasteiger partial charge in [-0.25, -0.2) is 4.79 Å². The maximum absolute atomic E-state index is 12.6. The van der Waals surface area contributed by atoms with Crippen LogP contribution in [0.1, 0.15) is 25.7 Å². The SMILES string of the molecule is COCCN1CC2(CCC1=O)CCN(C(=O)Nc1ccccc1OC)CC2. The average Bonchev–Trinajstić information content (AvgIpc) is 2.70. The summed E-state index contributed by atoms with van der Waals surface area (Å²) in [4.78, 5) is 28.6. The molecule has 2 heterocycles. The van der Waals surface area contributed by atoms with Crippen LogP contribution in [0.2, 0.25) is 0 Å². The normalized spacial score (nSPS) is 19.3. The van der Waals surface area contributed by atoms with Crippen LogP contribution in [0.4, 0.5) is 10.5 Å². The zero-order chi connectivity index (χ0) is 19.3. The Morgan fingerprint density at radius 1 is 1.19 bits per heavy atom. The highest BCUT2D eigenvalue weighted by Gasteiger charge is 2.41. The molecule has 3 rings (SSSR count). The predicted octanol–water partition coefficient (Wildman–Crippen LogP) is 2.58. The average molecular weight is 375 g/mol. The number of methoxy groups -OCH3 is 2. The number of benzene rings is 1. The van der Waals surface area contributed by atoms with Gasteiger partial charge in [0.2, 0.25) is 5.91 Å². The molecule has 0 aromatic heterocycles. The van der Waals surface area contributed by atoms with Crippen molar-refractivity contribution >= 4 is 17.6 Å². The van der Waals surface area contributed by atoms with E-state index in [1.807, 2.05) is 34.1 Å². The van der Waals surface area contributed by atoms with E-state index in [9.17, 15) is 9.59 Å². The van der Waals surface area contributed by atoms with Crippen molar-refractivity contribution in [2.45, 2.75) is 25.7 Å². The number of carbonyl (C=O) groups is 2. The molecule has 1 aromatic rings. The molecule has 3 amide bonds. The lowest BCUT2D eigenvalue weighted by Crippen LogP contribution is -2.53. The summed E-state index contributed by atoms with van der Waals surface area (Å²) in [7, 11) is 3.25. The van der Waals surface area contributed by atoms with Gasteiger partial charge in [0.15, 0.2) is 0 Å². The third-order valence-corrected chi connectivity index (χ3v) is 5.77. The number of urea groups is 1. The minimum Gasteiger partial charge on any atom is -0.495 e. The van der Waals surface area contributed by atoms with Crippen molar-refractivity contribution in [1.29, 1.82) is 0 Å². The Kier molecular flexibility index (Phi) is 6.21. The molecule has 0 aliphatic carbocycles. The number of nitrogens with one attached hydrogen (secondary N) is 1. The van der Waals surface area contributed by atoms with Crippen LogP contribution in [0.15, 0.2) is 24.3 Å². The number of nitrogens with zero attached hydrogens (tertiary/aromatic N) is 2. The predicted molar refractivity (Wildman–Crippen MR) is 103 cm³/mol. The largest absolute Gasteiger partial charge is 0.495 e. The van der Waals surface area contributed by atoms with Gasteiger partial charge in [-0.2, -0.15) is 0 Å². The molecule has 2 aliphatic heterocycles. The third-order valence-electron chi connectivity index (χ3n) is 5.77. The van der Waals surface area contributed by atoms with Gasteiger partial charge < -0.3 is 24.6 Å². The molecular formula is C20H29N3O4. The standard InChI is InChI=1S/C20H29N3O4/c1-26-14-13-23-15-20(8-7-18(23)24)9-11-22(12-10-20)19(25)21-16-5-3-4-6-17(16)27-2/h3-6H,7-15H2,1-2H3,(H,21,25). The first-order valence-electron chi connectivity index (χ1n) is 9.52. The fraction of sp³-hybridized carbons (Fsp3) is 0.600. The molecule has 1 N–H and O–H groups in total. The first kappa shape index (κ1) is 19.5. The summed E-state index contributed by atoms with van der Waals surface area (Å²) in [5.41, 5.74) is 0.808. The smallest absolute Gasteiger partial charge is 0.321 e. The number of ether oxygens (including phenoxy) is 2. The van der Waals surface area contributed by atoms with Crippen molar-refractivity contribution in [1.82, 2.24) is 9.80 Å². The van der Waals surface area contributed by atoms with Gasteiger partial charge in [0.1, 0.15) is 5.75 Å². The second kappa shape index (κ2) is 8.61. The minimum absolute atomic E-state index is 0.0996. The zero-order valence-electron chi connectivity index (χ0n) is 16.2. The van der Waals surface area contributed by atoms with Crippen LogP contribution in [0.25, 0.3) is 0 Å². The molecule has 7 nitrogen and oxygen atoms in total. The fourth-order valence-corrected chi connectivity index (χ4v) is 4.04. The molecule has 0 atom stereocenters. The first-order valence-corrected chi connectivity index (χ1v) is 9.52. The Morgan fingerprint density at radius 3 is 2.63 bits per heavy atom. The Bertz CT molecular complexity index is 671. The van der Waals surface area contributed by atoms with E-state index in [4.69, 9.17) is 9.47 Å². The summed E-state index contributed by atoms with van der Waals surface area (Å²) in [6.07, 6.45) is 3.35. The number of rotatable bonds is 5. The third kappa shape index (κ3) is 4.53. The summed E-state index contributed by atoms with van der Waals surface area (Å²) in [6, 6.07) is 7.31. The number of para-hydroxylation sites is 2. The first-order chi connectivity index (χ1) is 13.1. The number of anilines is 1. The summed E-state index contributed by atoms with van der Waals surface area (Å²) >= 11 is 0. The molecule has 0 bridgehead atoms. The molecular weight excluding hydrogens is 346 g/mol. The number of hydrogen-bond donors (Lipinski definition) is 1. The van der Waals surface area contributed by atoms with E-state index in [1.165, 1.54) is 0 Å². The van der Waals surface area contributed by atoms with Crippen molar-refractivity contribution in [3.63, 3.8) is 0 Å². The van der Waals surface area contributed by atoms with E-state index in [1.54, 1.807) is 14.2 Å². The van der Waals surface area contributed by atoms with Crippen molar-refractivity contribution in [3.8, 4) is 5.75 Å². The van der Waals surface area contributed by atoms with E-state index in [2.05, 4.69) is 5.32 Å².